The highest BCUT2D eigenvalue weighted by Crippen LogP contribution is 2.44. The van der Waals surface area contributed by atoms with E-state index in [-0.39, 0.29) is 18.2 Å². The summed E-state index contributed by atoms with van der Waals surface area (Å²) in [7, 11) is 0.120. The van der Waals surface area contributed by atoms with Gasteiger partial charge in [0.05, 0.1) is 24.6 Å². The molecule has 2 fully saturated rings. The molecule has 0 bridgehead atoms. The Bertz CT molecular complexity index is 1210. The number of carbonyl (C=O) groups is 1. The normalized spacial score (nSPS) is 23.8. The molecule has 2 aliphatic rings. The summed E-state index contributed by atoms with van der Waals surface area (Å²) in [6.07, 6.45) is 6.99. The number of anilines is 1. The Balaban J connectivity index is 1.27. The molecule has 3 heterocycles. The van der Waals surface area contributed by atoms with E-state index in [2.05, 4.69) is 27.0 Å². The van der Waals surface area contributed by atoms with Crippen molar-refractivity contribution in [3.8, 4) is 5.75 Å². The maximum atomic E-state index is 11.8. The zero-order valence-electron chi connectivity index (χ0n) is 20.1. The summed E-state index contributed by atoms with van der Waals surface area (Å²) in [4.78, 5) is 24.9. The van der Waals surface area contributed by atoms with E-state index < -0.39 is 14.1 Å². The van der Waals surface area contributed by atoms with Crippen LogP contribution in [0.3, 0.4) is 0 Å². The number of carbonyl (C=O) groups excluding carboxylic acids is 1. The third-order valence-corrected chi connectivity index (χ3v) is 8.21. The van der Waals surface area contributed by atoms with E-state index in [1.54, 1.807) is 37.6 Å². The molecule has 4 atom stereocenters. The van der Waals surface area contributed by atoms with Gasteiger partial charge < -0.3 is 18.6 Å². The second-order valence-electron chi connectivity index (χ2n) is 9.33. The van der Waals surface area contributed by atoms with Gasteiger partial charge in [-0.1, -0.05) is 18.5 Å². The molecule has 1 aromatic carbocycles. The van der Waals surface area contributed by atoms with Crippen molar-refractivity contribution >= 4 is 43.4 Å². The van der Waals surface area contributed by atoms with Crippen LogP contribution < -0.4 is 20.5 Å². The van der Waals surface area contributed by atoms with Crippen molar-refractivity contribution in [3.05, 3.63) is 41.9 Å². The third-order valence-electron chi connectivity index (χ3n) is 6.57. The number of halogens is 1. The van der Waals surface area contributed by atoms with Crippen molar-refractivity contribution < 1.29 is 18.6 Å². The zero-order valence-corrected chi connectivity index (χ0v) is 21.7. The van der Waals surface area contributed by atoms with E-state index in [1.807, 2.05) is 4.57 Å². The molecular formula is C23H29ClN7O4P. The summed E-state index contributed by atoms with van der Waals surface area (Å²) >= 11 is 6.00. The fraction of sp³-hybridized carbons (Fsp3) is 0.478. The van der Waals surface area contributed by atoms with Crippen LogP contribution in [0.4, 0.5) is 5.82 Å². The number of nitrogens with two attached hydrogens (primary N) is 1. The van der Waals surface area contributed by atoms with Crippen LogP contribution in [-0.2, 0) is 14.1 Å². The summed E-state index contributed by atoms with van der Waals surface area (Å²) in [5, 5.41) is 5.34. The van der Waals surface area contributed by atoms with Crippen molar-refractivity contribution in [3.63, 3.8) is 0 Å². The quantitative estimate of drug-likeness (QED) is 0.172. The van der Waals surface area contributed by atoms with Gasteiger partial charge in [0, 0.05) is 18.0 Å². The summed E-state index contributed by atoms with van der Waals surface area (Å²) in [6, 6.07) is 7.06. The SMILES string of the molecule is CC1CC(COP(NC2(C=O)CCC2)Oc2ccc(Cl)cc2)OC1n1cnc2c(N(C)N)ncnc21. The molecule has 3 aromatic rings. The van der Waals surface area contributed by atoms with E-state index in [1.165, 1.54) is 11.3 Å². The number of aromatic nitrogens is 4. The van der Waals surface area contributed by atoms with Crippen LogP contribution in [0.2, 0.25) is 5.02 Å². The number of imidazole rings is 1. The lowest BCUT2D eigenvalue weighted by molar-refractivity contribution is -0.115. The molecule has 5 rings (SSSR count). The Hall–Kier alpha value is -2.40. The predicted octanol–water partition coefficient (Wildman–Crippen LogP) is 3.75. The first-order chi connectivity index (χ1) is 17.4. The molecule has 1 aliphatic heterocycles. The molecule has 0 amide bonds. The number of hydrogen-bond donors (Lipinski definition) is 2. The van der Waals surface area contributed by atoms with Gasteiger partial charge in [-0.2, -0.15) is 0 Å². The number of benzene rings is 1. The van der Waals surface area contributed by atoms with Crippen molar-refractivity contribution in [1.29, 1.82) is 0 Å². The van der Waals surface area contributed by atoms with E-state index in [0.29, 0.717) is 34.4 Å². The van der Waals surface area contributed by atoms with E-state index >= 15 is 0 Å². The average molecular weight is 534 g/mol. The molecule has 13 heteroatoms. The highest BCUT2D eigenvalue weighted by Gasteiger charge is 2.41. The summed E-state index contributed by atoms with van der Waals surface area (Å²) in [5.41, 5.74) is 0.665. The number of hydrazine groups is 1. The molecular weight excluding hydrogens is 505 g/mol. The first kappa shape index (κ1) is 25.3. The Morgan fingerprint density at radius 3 is 2.78 bits per heavy atom. The maximum Gasteiger partial charge on any atom is 0.319 e. The highest BCUT2D eigenvalue weighted by atomic mass is 35.5. The van der Waals surface area contributed by atoms with Gasteiger partial charge in [0.2, 0.25) is 0 Å². The molecule has 1 aliphatic carbocycles. The number of hydrogen-bond acceptors (Lipinski definition) is 10. The van der Waals surface area contributed by atoms with Crippen molar-refractivity contribution in [2.45, 2.75) is 50.5 Å². The van der Waals surface area contributed by atoms with Crippen LogP contribution in [0.5, 0.6) is 5.75 Å². The fourth-order valence-corrected chi connectivity index (χ4v) is 6.01. The summed E-state index contributed by atoms with van der Waals surface area (Å²) in [5.74, 6) is 7.24. The molecule has 4 unspecified atom stereocenters. The standard InChI is InChI=1S/C23H29ClN7O4P/c1-15-10-18(34-22(15)31-14-28-19-20(30(2)25)26-13-27-21(19)31)11-33-36(29-23(12-32)8-3-9-23)35-17-6-4-16(24)5-7-17/h4-7,12-15,18,22,29H,3,8-11,25H2,1-2H3. The first-order valence-electron chi connectivity index (χ1n) is 11.8. The Morgan fingerprint density at radius 1 is 1.33 bits per heavy atom. The van der Waals surface area contributed by atoms with E-state index in [4.69, 9.17) is 31.2 Å². The third kappa shape index (κ3) is 5.18. The van der Waals surface area contributed by atoms with Gasteiger partial charge >= 0.3 is 8.53 Å². The smallest absolute Gasteiger partial charge is 0.319 e. The molecule has 0 spiro atoms. The van der Waals surface area contributed by atoms with Crippen LogP contribution in [0.1, 0.15) is 38.8 Å². The minimum Gasteiger partial charge on any atom is -0.436 e. The van der Waals surface area contributed by atoms with Gasteiger partial charge in [-0.3, -0.25) is 9.58 Å². The minimum absolute atomic E-state index is 0.171. The van der Waals surface area contributed by atoms with Gasteiger partial charge in [-0.15, -0.1) is 0 Å². The predicted molar refractivity (Wildman–Crippen MR) is 136 cm³/mol. The monoisotopic (exact) mass is 533 g/mol. The lowest BCUT2D eigenvalue weighted by atomic mass is 9.79. The van der Waals surface area contributed by atoms with Crippen LogP contribution in [0.15, 0.2) is 36.9 Å². The minimum atomic E-state index is -1.59. The average Bonchev–Trinajstić information content (AvgIpc) is 3.43. The number of nitrogens with zero attached hydrogens (tertiary/aromatic N) is 5. The fourth-order valence-electron chi connectivity index (χ4n) is 4.47. The van der Waals surface area contributed by atoms with Gasteiger partial charge in [-0.05, 0) is 49.9 Å². The number of ether oxygens (including phenoxy) is 1. The maximum absolute atomic E-state index is 11.8. The van der Waals surface area contributed by atoms with Crippen molar-refractivity contribution in [2.75, 3.05) is 18.7 Å². The van der Waals surface area contributed by atoms with E-state index in [0.717, 1.165) is 32.0 Å². The molecule has 1 saturated heterocycles. The first-order valence-corrected chi connectivity index (χ1v) is 13.4. The van der Waals surface area contributed by atoms with Crippen LogP contribution in [-0.4, -0.2) is 51.1 Å². The molecule has 3 N–H and O–H groups in total. The summed E-state index contributed by atoms with van der Waals surface area (Å²) < 4.78 is 20.6. The van der Waals surface area contributed by atoms with Gasteiger partial charge in [0.25, 0.3) is 0 Å². The molecule has 192 valence electrons. The zero-order chi connectivity index (χ0) is 25.3. The van der Waals surface area contributed by atoms with Crippen LogP contribution in [0.25, 0.3) is 11.2 Å². The number of rotatable bonds is 10. The van der Waals surface area contributed by atoms with Gasteiger partial charge in [-0.25, -0.2) is 25.9 Å². The molecule has 1 saturated carbocycles. The Labute approximate surface area is 215 Å². The topological polar surface area (TPSA) is 130 Å². The lowest BCUT2D eigenvalue weighted by Gasteiger charge is -2.39. The molecule has 2 aromatic heterocycles. The number of fused-ring (bicyclic) bond motifs is 1. The van der Waals surface area contributed by atoms with Crippen LogP contribution >= 0.6 is 20.1 Å². The lowest BCUT2D eigenvalue weighted by Crippen LogP contribution is -2.50. The van der Waals surface area contributed by atoms with Gasteiger partial charge in [0.15, 0.2) is 17.0 Å². The molecule has 0 radical (unpaired) electrons. The Morgan fingerprint density at radius 2 is 2.11 bits per heavy atom. The second-order valence-corrected chi connectivity index (χ2v) is 10.9. The van der Waals surface area contributed by atoms with Gasteiger partial charge in [0.1, 0.15) is 24.6 Å². The molecule has 11 nitrogen and oxygen atoms in total. The van der Waals surface area contributed by atoms with Crippen molar-refractivity contribution in [1.82, 2.24) is 24.6 Å². The van der Waals surface area contributed by atoms with E-state index in [9.17, 15) is 4.79 Å². The highest BCUT2D eigenvalue weighted by molar-refractivity contribution is 7.45. The number of aldehydes is 1. The van der Waals surface area contributed by atoms with Crippen molar-refractivity contribution in [2.24, 2.45) is 11.8 Å². The second kappa shape index (κ2) is 10.5. The summed E-state index contributed by atoms with van der Waals surface area (Å²) in [6.45, 7) is 2.43. The molecule has 36 heavy (non-hydrogen) atoms. The Kier molecular flexibility index (Phi) is 7.39. The number of nitrogens with one attached hydrogen (secondary N) is 1. The van der Waals surface area contributed by atoms with Crippen LogP contribution in [0, 0.1) is 5.92 Å². The largest absolute Gasteiger partial charge is 0.436 e.